The number of carboxylic acids is 1. The van der Waals surface area contributed by atoms with Crippen LogP contribution < -0.4 is 0 Å². The lowest BCUT2D eigenvalue weighted by Crippen LogP contribution is -2.37. The van der Waals surface area contributed by atoms with E-state index in [0.29, 0.717) is 23.9 Å². The molecule has 11 nitrogen and oxygen atoms in total. The third kappa shape index (κ3) is 34.3. The first kappa shape index (κ1) is 46.5. The number of hydrogen-bond donors (Lipinski definition) is 2. The number of phosphoric ester groups is 1. The Labute approximate surface area is 292 Å². The van der Waals surface area contributed by atoms with Crippen molar-refractivity contribution in [3.05, 3.63) is 0 Å². The fraction of sp³-hybridized carbons (Fsp3) is 0.917. The highest BCUT2D eigenvalue weighted by Crippen LogP contribution is 2.43. The molecule has 0 saturated heterocycles. The Morgan fingerprint density at radius 3 is 1.46 bits per heavy atom. The van der Waals surface area contributed by atoms with E-state index in [-0.39, 0.29) is 32.5 Å². The van der Waals surface area contributed by atoms with Gasteiger partial charge in [0.15, 0.2) is 6.10 Å². The highest BCUT2D eigenvalue weighted by Gasteiger charge is 2.27. The van der Waals surface area contributed by atoms with Crippen molar-refractivity contribution in [1.82, 2.24) is 0 Å². The SMILES string of the molecule is CCCCCCCCCCCCCCCC(=O)OC[C@H](COP(=O)(O)OCC[N+](C)(C)C)OC(=O)CCCCCCCCCCC(=O)O. The molecule has 48 heavy (non-hydrogen) atoms. The molecule has 12 heteroatoms. The van der Waals surface area contributed by atoms with Crippen LogP contribution in [0.5, 0.6) is 0 Å². The molecule has 0 aliphatic rings. The van der Waals surface area contributed by atoms with E-state index >= 15 is 0 Å². The van der Waals surface area contributed by atoms with Gasteiger partial charge in [-0.2, -0.15) is 0 Å². The second-order valence-corrected chi connectivity index (χ2v) is 15.6. The zero-order valence-corrected chi connectivity index (χ0v) is 31.8. The van der Waals surface area contributed by atoms with Gasteiger partial charge in [-0.1, -0.05) is 122 Å². The molecule has 0 fully saturated rings. The molecule has 0 spiro atoms. The van der Waals surface area contributed by atoms with Gasteiger partial charge in [-0.25, -0.2) is 4.57 Å². The molecule has 284 valence electrons. The van der Waals surface area contributed by atoms with Gasteiger partial charge in [0.2, 0.25) is 0 Å². The highest BCUT2D eigenvalue weighted by atomic mass is 31.2. The topological polar surface area (TPSA) is 146 Å². The first-order valence-corrected chi connectivity index (χ1v) is 20.3. The van der Waals surface area contributed by atoms with Gasteiger partial charge in [0.25, 0.3) is 0 Å². The second-order valence-electron chi connectivity index (χ2n) is 14.1. The molecular weight excluding hydrogens is 637 g/mol. The molecule has 0 aromatic heterocycles. The molecule has 0 rings (SSSR count). The molecular formula is C36H71NO10P+. The van der Waals surface area contributed by atoms with E-state index in [4.69, 9.17) is 23.6 Å². The van der Waals surface area contributed by atoms with Crippen molar-refractivity contribution in [3.8, 4) is 0 Å². The summed E-state index contributed by atoms with van der Waals surface area (Å²) in [6, 6.07) is 0. The van der Waals surface area contributed by atoms with Crippen molar-refractivity contribution in [2.75, 3.05) is 47.5 Å². The predicted octanol–water partition coefficient (Wildman–Crippen LogP) is 8.75. The third-order valence-corrected chi connectivity index (χ3v) is 9.16. The Bertz CT molecular complexity index is 864. The van der Waals surface area contributed by atoms with Crippen molar-refractivity contribution < 1.29 is 52.0 Å². The van der Waals surface area contributed by atoms with E-state index in [9.17, 15) is 23.8 Å². The van der Waals surface area contributed by atoms with Crippen LogP contribution in [0.3, 0.4) is 0 Å². The number of quaternary nitrogens is 1. The van der Waals surface area contributed by atoms with Crippen LogP contribution in [0, 0.1) is 0 Å². The average molecular weight is 709 g/mol. The average Bonchev–Trinajstić information content (AvgIpc) is 3.00. The van der Waals surface area contributed by atoms with Crippen LogP contribution >= 0.6 is 7.82 Å². The van der Waals surface area contributed by atoms with Crippen LogP contribution in [0.4, 0.5) is 0 Å². The minimum Gasteiger partial charge on any atom is -0.481 e. The molecule has 2 atom stereocenters. The first-order chi connectivity index (χ1) is 22.8. The van der Waals surface area contributed by atoms with Crippen LogP contribution in [0.2, 0.25) is 0 Å². The predicted molar refractivity (Wildman–Crippen MR) is 190 cm³/mol. The normalized spacial score (nSPS) is 13.6. The number of carbonyl (C=O) groups is 3. The first-order valence-electron chi connectivity index (χ1n) is 18.8. The Hall–Kier alpha value is -1.52. The Kier molecular flexibility index (Phi) is 29.4. The largest absolute Gasteiger partial charge is 0.481 e. The van der Waals surface area contributed by atoms with Gasteiger partial charge in [0, 0.05) is 19.3 Å². The number of esters is 2. The van der Waals surface area contributed by atoms with Gasteiger partial charge in [0.05, 0.1) is 27.7 Å². The number of unbranched alkanes of at least 4 members (excludes halogenated alkanes) is 19. The van der Waals surface area contributed by atoms with Gasteiger partial charge in [-0.15, -0.1) is 0 Å². The minimum absolute atomic E-state index is 0.0121. The maximum atomic E-state index is 12.5. The lowest BCUT2D eigenvalue weighted by atomic mass is 10.0. The number of aliphatic carboxylic acids is 1. The number of rotatable bonds is 35. The zero-order chi connectivity index (χ0) is 35.9. The molecule has 0 aliphatic carbocycles. The summed E-state index contributed by atoms with van der Waals surface area (Å²) in [5.74, 6) is -1.63. The number of ether oxygens (including phenoxy) is 2. The summed E-state index contributed by atoms with van der Waals surface area (Å²) < 4.78 is 34.0. The summed E-state index contributed by atoms with van der Waals surface area (Å²) in [5, 5.41) is 8.69. The number of hydrogen-bond acceptors (Lipinski definition) is 8. The standard InChI is InChI=1S/C36H70NO10P/c1-5-6-7-8-9-10-11-12-13-14-18-21-24-27-35(40)44-31-33(32-46-48(42,43)45-30-29-37(2,3)4)47-36(41)28-25-22-19-16-15-17-20-23-26-34(38)39/h33H,5-32H2,1-4H3,(H-,38,39,42,43)/p+1/t33-/m1/s1. The van der Waals surface area contributed by atoms with E-state index in [0.717, 1.165) is 57.8 Å². The minimum atomic E-state index is -4.39. The fourth-order valence-corrected chi connectivity index (χ4v) is 5.90. The summed E-state index contributed by atoms with van der Waals surface area (Å²) in [6.45, 7) is 2.05. The maximum Gasteiger partial charge on any atom is 0.472 e. The number of carboxylic acid groups (broad SMARTS) is 1. The fourth-order valence-electron chi connectivity index (χ4n) is 5.16. The monoisotopic (exact) mass is 708 g/mol. The molecule has 0 aromatic rings. The lowest BCUT2D eigenvalue weighted by Gasteiger charge is -2.24. The van der Waals surface area contributed by atoms with E-state index in [1.807, 2.05) is 21.1 Å². The Balaban J connectivity index is 4.41. The van der Waals surface area contributed by atoms with Gasteiger partial charge < -0.3 is 24.0 Å². The summed E-state index contributed by atoms with van der Waals surface area (Å²) in [7, 11) is 1.40. The van der Waals surface area contributed by atoms with Crippen molar-refractivity contribution in [1.29, 1.82) is 0 Å². The van der Waals surface area contributed by atoms with Crippen LogP contribution in [0.1, 0.15) is 161 Å². The molecule has 0 radical (unpaired) electrons. The Morgan fingerprint density at radius 2 is 1.02 bits per heavy atom. The molecule has 0 heterocycles. The number of likely N-dealkylation sites (N-methyl/N-ethyl adjacent to an activating group) is 1. The molecule has 0 aliphatic heterocycles. The van der Waals surface area contributed by atoms with Crippen LogP contribution in [-0.2, 0) is 37.5 Å². The van der Waals surface area contributed by atoms with E-state index in [2.05, 4.69) is 6.92 Å². The van der Waals surface area contributed by atoms with Crippen molar-refractivity contribution >= 4 is 25.7 Å². The molecule has 2 N–H and O–H groups in total. The van der Waals surface area contributed by atoms with Crippen molar-refractivity contribution in [3.63, 3.8) is 0 Å². The molecule has 0 saturated carbocycles. The highest BCUT2D eigenvalue weighted by molar-refractivity contribution is 7.47. The summed E-state index contributed by atoms with van der Waals surface area (Å²) in [4.78, 5) is 45.6. The smallest absolute Gasteiger partial charge is 0.472 e. The lowest BCUT2D eigenvalue weighted by molar-refractivity contribution is -0.870. The van der Waals surface area contributed by atoms with Crippen LogP contribution in [-0.4, -0.2) is 86.0 Å². The third-order valence-electron chi connectivity index (χ3n) is 8.17. The van der Waals surface area contributed by atoms with Gasteiger partial charge in [-0.05, 0) is 19.3 Å². The zero-order valence-electron chi connectivity index (χ0n) is 30.9. The van der Waals surface area contributed by atoms with E-state index < -0.39 is 38.4 Å². The molecule has 0 amide bonds. The molecule has 0 aromatic carbocycles. The maximum absolute atomic E-state index is 12.5. The van der Waals surface area contributed by atoms with Crippen LogP contribution in [0.25, 0.3) is 0 Å². The summed E-state index contributed by atoms with van der Waals surface area (Å²) in [5.41, 5.74) is 0. The molecule has 0 bridgehead atoms. The molecule has 1 unspecified atom stereocenters. The second kappa shape index (κ2) is 30.3. The Morgan fingerprint density at radius 1 is 0.604 bits per heavy atom. The van der Waals surface area contributed by atoms with Crippen LogP contribution in [0.15, 0.2) is 0 Å². The van der Waals surface area contributed by atoms with Gasteiger partial charge >= 0.3 is 25.7 Å². The summed E-state index contributed by atoms with van der Waals surface area (Å²) >= 11 is 0. The van der Waals surface area contributed by atoms with Gasteiger partial charge in [0.1, 0.15) is 19.8 Å². The van der Waals surface area contributed by atoms with Crippen molar-refractivity contribution in [2.45, 2.75) is 167 Å². The van der Waals surface area contributed by atoms with Crippen molar-refractivity contribution in [2.24, 2.45) is 0 Å². The van der Waals surface area contributed by atoms with Gasteiger partial charge in [-0.3, -0.25) is 23.4 Å². The quantitative estimate of drug-likeness (QED) is 0.0284. The van der Waals surface area contributed by atoms with E-state index in [1.54, 1.807) is 0 Å². The number of phosphoric acid groups is 1. The summed E-state index contributed by atoms with van der Waals surface area (Å²) in [6.07, 6.45) is 22.5. The van der Waals surface area contributed by atoms with E-state index in [1.165, 1.54) is 64.2 Å². The number of carbonyl (C=O) groups excluding carboxylic acids is 2. The number of nitrogens with zero attached hydrogens (tertiary/aromatic N) is 1.